The van der Waals surface area contributed by atoms with E-state index < -0.39 is 54.2 Å². The summed E-state index contributed by atoms with van der Waals surface area (Å²) in [7, 11) is 0. The summed E-state index contributed by atoms with van der Waals surface area (Å²) in [4.78, 5) is 61.5. The smallest absolute Gasteiger partial charge is 0.326 e. The number of carboxylic acid groups (broad SMARTS) is 2. The number of carbonyl (C=O) groups excluding carboxylic acids is 3. The Hall–Kier alpha value is -3.47. The molecule has 1 heterocycles. The van der Waals surface area contributed by atoms with Gasteiger partial charge in [0.1, 0.15) is 18.1 Å². The van der Waals surface area contributed by atoms with Gasteiger partial charge >= 0.3 is 11.9 Å². The predicted octanol–water partition coefficient (Wildman–Crippen LogP) is -0.902. The average Bonchev–Trinajstić information content (AvgIpc) is 3.26. The number of nitrogens with two attached hydrogens (primary N) is 1. The van der Waals surface area contributed by atoms with Crippen LogP contribution in [0.25, 0.3) is 0 Å². The minimum absolute atomic E-state index is 0.0168. The van der Waals surface area contributed by atoms with E-state index in [9.17, 15) is 29.1 Å². The Kier molecular flexibility index (Phi) is 9.14. The van der Waals surface area contributed by atoms with Crippen LogP contribution in [-0.4, -0.2) is 76.0 Å². The first-order valence-electron chi connectivity index (χ1n) is 10.3. The average molecular weight is 448 g/mol. The highest BCUT2D eigenvalue weighted by Crippen LogP contribution is 2.18. The van der Waals surface area contributed by atoms with Gasteiger partial charge < -0.3 is 31.5 Å². The number of rotatable bonds is 11. The number of likely N-dealkylation sites (tertiary alicyclic amines) is 1. The number of nitrogens with one attached hydrogen (secondary N) is 2. The van der Waals surface area contributed by atoms with Crippen molar-refractivity contribution in [2.24, 2.45) is 5.73 Å². The molecule has 0 radical (unpaired) electrons. The van der Waals surface area contributed by atoms with E-state index in [1.165, 1.54) is 4.90 Å². The Bertz CT molecular complexity index is 846. The van der Waals surface area contributed by atoms with Crippen LogP contribution in [0.1, 0.15) is 31.2 Å². The molecular weight excluding hydrogens is 420 g/mol. The lowest BCUT2D eigenvalue weighted by atomic mass is 10.0. The molecule has 1 aromatic carbocycles. The normalized spacial score (nSPS) is 17.3. The topological polar surface area (TPSA) is 179 Å². The third-order valence-corrected chi connectivity index (χ3v) is 5.23. The van der Waals surface area contributed by atoms with Gasteiger partial charge in [-0.1, -0.05) is 30.3 Å². The second-order valence-corrected chi connectivity index (χ2v) is 7.53. The lowest BCUT2D eigenvalue weighted by Crippen LogP contribution is -2.56. The van der Waals surface area contributed by atoms with Crippen molar-refractivity contribution in [3.8, 4) is 0 Å². The molecule has 1 fully saturated rings. The van der Waals surface area contributed by atoms with Crippen LogP contribution in [0.15, 0.2) is 30.3 Å². The highest BCUT2D eigenvalue weighted by molar-refractivity contribution is 5.94. The number of aliphatic carboxylic acids is 2. The van der Waals surface area contributed by atoms with Gasteiger partial charge in [0.25, 0.3) is 0 Å². The molecule has 1 aliphatic heterocycles. The Balaban J connectivity index is 2.11. The van der Waals surface area contributed by atoms with E-state index in [0.717, 1.165) is 0 Å². The number of nitrogens with zero attached hydrogens (tertiary/aromatic N) is 1. The molecule has 0 bridgehead atoms. The Morgan fingerprint density at radius 3 is 2.34 bits per heavy atom. The minimum Gasteiger partial charge on any atom is -0.481 e. The summed E-state index contributed by atoms with van der Waals surface area (Å²) >= 11 is 0. The van der Waals surface area contributed by atoms with E-state index >= 15 is 0 Å². The van der Waals surface area contributed by atoms with Gasteiger partial charge in [0.15, 0.2) is 0 Å². The van der Waals surface area contributed by atoms with Gasteiger partial charge in [-0.15, -0.1) is 0 Å². The van der Waals surface area contributed by atoms with Crippen molar-refractivity contribution in [2.45, 2.75) is 50.2 Å². The Morgan fingerprint density at radius 1 is 1.06 bits per heavy atom. The van der Waals surface area contributed by atoms with E-state index in [2.05, 4.69) is 10.6 Å². The first kappa shape index (κ1) is 24.8. The lowest BCUT2D eigenvalue weighted by Gasteiger charge is -2.26. The quantitative estimate of drug-likeness (QED) is 0.289. The van der Waals surface area contributed by atoms with Gasteiger partial charge in [0.2, 0.25) is 17.7 Å². The molecule has 0 saturated carbocycles. The second kappa shape index (κ2) is 11.8. The standard InChI is InChI=1S/C21H28N4O7/c22-12-17(26)25-10-4-7-16(25)20(30)23-14(8-9-18(27)28)19(29)24-15(21(31)32)11-13-5-2-1-3-6-13/h1-3,5-6,14-16H,4,7-12,22H2,(H,23,30)(H,24,29)(H,27,28)(H,31,32). The fourth-order valence-electron chi connectivity index (χ4n) is 3.58. The van der Waals surface area contributed by atoms with Crippen LogP contribution < -0.4 is 16.4 Å². The van der Waals surface area contributed by atoms with Crippen LogP contribution in [0.5, 0.6) is 0 Å². The largest absolute Gasteiger partial charge is 0.481 e. The van der Waals surface area contributed by atoms with Crippen LogP contribution >= 0.6 is 0 Å². The van der Waals surface area contributed by atoms with Crippen molar-refractivity contribution in [2.75, 3.05) is 13.1 Å². The lowest BCUT2D eigenvalue weighted by molar-refractivity contribution is -0.143. The second-order valence-electron chi connectivity index (χ2n) is 7.53. The molecule has 1 aromatic rings. The fourth-order valence-corrected chi connectivity index (χ4v) is 3.58. The van der Waals surface area contributed by atoms with Crippen LogP contribution in [0, 0.1) is 0 Å². The molecule has 174 valence electrons. The van der Waals surface area contributed by atoms with Crippen LogP contribution in [0.2, 0.25) is 0 Å². The SMILES string of the molecule is NCC(=O)N1CCCC1C(=O)NC(CCC(=O)O)C(=O)NC(Cc1ccccc1)C(=O)O. The number of carbonyl (C=O) groups is 5. The van der Waals surface area contributed by atoms with E-state index in [1.54, 1.807) is 30.3 Å². The van der Waals surface area contributed by atoms with Crippen molar-refractivity contribution in [1.82, 2.24) is 15.5 Å². The zero-order valence-electron chi connectivity index (χ0n) is 17.5. The van der Waals surface area contributed by atoms with E-state index in [4.69, 9.17) is 10.8 Å². The number of hydrogen-bond donors (Lipinski definition) is 5. The zero-order chi connectivity index (χ0) is 23.7. The summed E-state index contributed by atoms with van der Waals surface area (Å²) in [5, 5.41) is 23.4. The van der Waals surface area contributed by atoms with Gasteiger partial charge in [0.05, 0.1) is 6.54 Å². The summed E-state index contributed by atoms with van der Waals surface area (Å²) < 4.78 is 0. The molecule has 0 spiro atoms. The van der Waals surface area contributed by atoms with E-state index in [1.807, 2.05) is 0 Å². The first-order valence-corrected chi connectivity index (χ1v) is 10.3. The van der Waals surface area contributed by atoms with Crippen molar-refractivity contribution in [3.05, 3.63) is 35.9 Å². The maximum atomic E-state index is 12.8. The molecule has 1 saturated heterocycles. The molecule has 0 aromatic heterocycles. The van der Waals surface area contributed by atoms with Crippen LogP contribution in [-0.2, 0) is 30.4 Å². The minimum atomic E-state index is -1.27. The van der Waals surface area contributed by atoms with E-state index in [-0.39, 0.29) is 19.4 Å². The summed E-state index contributed by atoms with van der Waals surface area (Å²) in [5.41, 5.74) is 6.07. The van der Waals surface area contributed by atoms with Crippen molar-refractivity contribution >= 4 is 29.7 Å². The highest BCUT2D eigenvalue weighted by Gasteiger charge is 2.36. The Labute approximate surface area is 184 Å². The maximum Gasteiger partial charge on any atom is 0.326 e. The van der Waals surface area contributed by atoms with Crippen molar-refractivity contribution < 1.29 is 34.2 Å². The third-order valence-electron chi connectivity index (χ3n) is 5.23. The van der Waals surface area contributed by atoms with Gasteiger partial charge in [0, 0.05) is 19.4 Å². The molecule has 11 heteroatoms. The van der Waals surface area contributed by atoms with Crippen molar-refractivity contribution in [3.63, 3.8) is 0 Å². The van der Waals surface area contributed by atoms with Gasteiger partial charge in [-0.3, -0.25) is 19.2 Å². The van der Waals surface area contributed by atoms with Gasteiger partial charge in [-0.05, 0) is 24.8 Å². The fraction of sp³-hybridized carbons (Fsp3) is 0.476. The highest BCUT2D eigenvalue weighted by atomic mass is 16.4. The van der Waals surface area contributed by atoms with Crippen LogP contribution in [0.4, 0.5) is 0 Å². The number of amides is 3. The van der Waals surface area contributed by atoms with Gasteiger partial charge in [-0.2, -0.15) is 0 Å². The molecule has 1 aliphatic rings. The molecule has 2 rings (SSSR count). The number of benzene rings is 1. The monoisotopic (exact) mass is 448 g/mol. The first-order chi connectivity index (χ1) is 15.2. The molecule has 3 amide bonds. The molecule has 11 nitrogen and oxygen atoms in total. The summed E-state index contributed by atoms with van der Waals surface area (Å²) in [5.74, 6) is -4.25. The number of hydrogen-bond acceptors (Lipinski definition) is 6. The molecule has 0 aliphatic carbocycles. The third kappa shape index (κ3) is 7.05. The molecule has 6 N–H and O–H groups in total. The Morgan fingerprint density at radius 2 is 1.75 bits per heavy atom. The summed E-state index contributed by atoms with van der Waals surface area (Å²) in [6, 6.07) is 5.33. The number of carboxylic acids is 2. The summed E-state index contributed by atoms with van der Waals surface area (Å²) in [6.07, 6.45) is 0.348. The predicted molar refractivity (Wildman–Crippen MR) is 112 cm³/mol. The van der Waals surface area contributed by atoms with Gasteiger partial charge in [-0.25, -0.2) is 4.79 Å². The van der Waals surface area contributed by atoms with Crippen molar-refractivity contribution in [1.29, 1.82) is 0 Å². The van der Waals surface area contributed by atoms with E-state index in [0.29, 0.717) is 24.9 Å². The zero-order valence-corrected chi connectivity index (χ0v) is 17.5. The van der Waals surface area contributed by atoms with Crippen LogP contribution in [0.3, 0.4) is 0 Å². The molecular formula is C21H28N4O7. The molecule has 3 unspecified atom stereocenters. The maximum absolute atomic E-state index is 12.8. The molecule has 3 atom stereocenters. The molecule has 32 heavy (non-hydrogen) atoms. The summed E-state index contributed by atoms with van der Waals surface area (Å²) in [6.45, 7) is 0.102.